The molecule has 2 aromatic carbocycles. The Bertz CT molecular complexity index is 1340. The average Bonchev–Trinajstić information content (AvgIpc) is 3.32. The van der Waals surface area contributed by atoms with E-state index in [1.807, 2.05) is 63.2 Å². The molecule has 250 valence electrons. The van der Waals surface area contributed by atoms with E-state index in [2.05, 4.69) is 20.9 Å². The summed E-state index contributed by atoms with van der Waals surface area (Å²) in [5.74, 6) is -2.03. The van der Waals surface area contributed by atoms with Crippen LogP contribution in [0.25, 0.3) is 0 Å². The molecule has 0 aromatic heterocycles. The van der Waals surface area contributed by atoms with Crippen molar-refractivity contribution in [3.05, 3.63) is 65.7 Å². The summed E-state index contributed by atoms with van der Waals surface area (Å²) in [6.07, 6.45) is 1.22. The molecular formula is C33H49N9O4. The second-order valence-electron chi connectivity index (χ2n) is 11.9. The van der Waals surface area contributed by atoms with Gasteiger partial charge in [0.1, 0.15) is 18.1 Å². The number of anilines is 1. The number of nitrogens with two attached hydrogens (primary N) is 3. The van der Waals surface area contributed by atoms with E-state index in [0.717, 1.165) is 24.1 Å². The van der Waals surface area contributed by atoms with Crippen LogP contribution in [0, 0.1) is 12.8 Å². The molecule has 0 saturated carbocycles. The van der Waals surface area contributed by atoms with E-state index in [1.165, 1.54) is 4.90 Å². The maximum atomic E-state index is 14.2. The van der Waals surface area contributed by atoms with Crippen LogP contribution in [0.1, 0.15) is 37.8 Å². The second-order valence-corrected chi connectivity index (χ2v) is 11.9. The van der Waals surface area contributed by atoms with Gasteiger partial charge in [0.05, 0.1) is 13.1 Å². The van der Waals surface area contributed by atoms with Crippen molar-refractivity contribution in [3.63, 3.8) is 0 Å². The van der Waals surface area contributed by atoms with Gasteiger partial charge in [-0.1, -0.05) is 62.4 Å². The highest BCUT2D eigenvalue weighted by Gasteiger charge is 2.35. The number of guanidine groups is 1. The molecule has 1 aliphatic rings. The number of hydrogen-bond acceptors (Lipinski definition) is 7. The van der Waals surface area contributed by atoms with E-state index in [4.69, 9.17) is 17.2 Å². The fourth-order valence-electron chi connectivity index (χ4n) is 5.46. The van der Waals surface area contributed by atoms with Gasteiger partial charge in [-0.15, -0.1) is 0 Å². The van der Waals surface area contributed by atoms with Gasteiger partial charge in [0.25, 0.3) is 0 Å². The summed E-state index contributed by atoms with van der Waals surface area (Å²) >= 11 is 0. The molecule has 46 heavy (non-hydrogen) atoms. The smallest absolute Gasteiger partial charge is 0.247 e. The first kappa shape index (κ1) is 36.0. The van der Waals surface area contributed by atoms with Crippen molar-refractivity contribution in [2.75, 3.05) is 44.2 Å². The molecule has 1 aliphatic heterocycles. The number of aryl methyl sites for hydroxylation is 1. The molecular weight excluding hydrogens is 586 g/mol. The Hall–Kier alpha value is -4.49. The summed E-state index contributed by atoms with van der Waals surface area (Å²) < 4.78 is 0. The lowest BCUT2D eigenvalue weighted by atomic mass is 9.99. The third-order valence-electron chi connectivity index (χ3n) is 7.77. The van der Waals surface area contributed by atoms with E-state index >= 15 is 0 Å². The van der Waals surface area contributed by atoms with Crippen LogP contribution in [0.2, 0.25) is 0 Å². The largest absolute Gasteiger partial charge is 0.370 e. The molecule has 13 heteroatoms. The molecule has 9 N–H and O–H groups in total. The van der Waals surface area contributed by atoms with Crippen molar-refractivity contribution in [2.45, 2.75) is 58.2 Å². The molecule has 3 rings (SSSR count). The summed E-state index contributed by atoms with van der Waals surface area (Å²) in [6, 6.07) is 13.5. The van der Waals surface area contributed by atoms with Crippen LogP contribution in [0.5, 0.6) is 0 Å². The Labute approximate surface area is 271 Å². The van der Waals surface area contributed by atoms with Crippen LogP contribution in [0.3, 0.4) is 0 Å². The number of aliphatic imine (C=N–C) groups is 1. The molecule has 0 unspecified atom stereocenters. The molecule has 1 heterocycles. The minimum Gasteiger partial charge on any atom is -0.370 e. The SMILES string of the molecule is Cc1ccccc1N(C(=O)CN)[C@H](Cc1ccccc1)C(=O)N[C@H](CC(C)C)C(=O)N[C@H](CN=C(N)N)C(=O)N1CCCNCC1. The lowest BCUT2D eigenvalue weighted by Crippen LogP contribution is -2.59. The predicted molar refractivity (Wildman–Crippen MR) is 180 cm³/mol. The number of para-hydroxylation sites is 1. The lowest BCUT2D eigenvalue weighted by molar-refractivity contribution is -0.137. The second kappa shape index (κ2) is 17.9. The Morgan fingerprint density at radius 3 is 2.26 bits per heavy atom. The molecule has 0 radical (unpaired) electrons. The predicted octanol–water partition coefficient (Wildman–Crippen LogP) is 0.00902. The van der Waals surface area contributed by atoms with Crippen molar-refractivity contribution >= 4 is 35.3 Å². The first-order valence-corrected chi connectivity index (χ1v) is 15.8. The van der Waals surface area contributed by atoms with Gasteiger partial charge in [-0.25, -0.2) is 0 Å². The zero-order valence-electron chi connectivity index (χ0n) is 27.1. The van der Waals surface area contributed by atoms with Crippen LogP contribution in [0.4, 0.5) is 5.69 Å². The number of hydrogen-bond donors (Lipinski definition) is 6. The summed E-state index contributed by atoms with van der Waals surface area (Å²) in [6.45, 7) is 7.66. The average molecular weight is 636 g/mol. The first-order chi connectivity index (χ1) is 22.0. The van der Waals surface area contributed by atoms with Crippen LogP contribution < -0.4 is 38.1 Å². The van der Waals surface area contributed by atoms with Gasteiger partial charge in [-0.3, -0.25) is 29.1 Å². The highest BCUT2D eigenvalue weighted by Crippen LogP contribution is 2.24. The minimum absolute atomic E-state index is 0.00491. The number of carbonyl (C=O) groups excluding carboxylic acids is 4. The molecule has 0 aliphatic carbocycles. The summed E-state index contributed by atoms with van der Waals surface area (Å²) in [5, 5.41) is 8.97. The van der Waals surface area contributed by atoms with E-state index in [0.29, 0.717) is 25.3 Å². The summed E-state index contributed by atoms with van der Waals surface area (Å²) in [5.41, 5.74) is 19.2. The van der Waals surface area contributed by atoms with E-state index in [1.54, 1.807) is 17.0 Å². The van der Waals surface area contributed by atoms with Crippen LogP contribution in [-0.4, -0.2) is 91.9 Å². The third kappa shape index (κ3) is 10.6. The number of amides is 4. The van der Waals surface area contributed by atoms with Gasteiger partial charge in [-0.05, 0) is 49.4 Å². The number of nitrogens with zero attached hydrogens (tertiary/aromatic N) is 3. The number of benzene rings is 2. The lowest BCUT2D eigenvalue weighted by Gasteiger charge is -2.33. The van der Waals surface area contributed by atoms with Crippen molar-refractivity contribution in [3.8, 4) is 0 Å². The van der Waals surface area contributed by atoms with Crippen LogP contribution >= 0.6 is 0 Å². The van der Waals surface area contributed by atoms with E-state index < -0.39 is 35.8 Å². The standard InChI is InChI=1S/C33H49N9O4/c1-22(2)18-25(30(44)40-26(21-38-33(35)36)32(46)41-16-9-14-37-15-17-41)39-31(45)28(19-24-11-5-4-6-12-24)42(29(43)20-34)27-13-8-7-10-23(27)3/h4-8,10-13,22,25-26,28,37H,9,14-21,34H2,1-3H3,(H,39,45)(H,40,44)(H4,35,36,38)/t25-,26-,28-/m1/s1. The maximum absolute atomic E-state index is 14.2. The van der Waals surface area contributed by atoms with Crippen molar-refractivity contribution in [1.29, 1.82) is 0 Å². The normalized spacial score (nSPS) is 15.2. The molecule has 2 aromatic rings. The molecule has 4 amide bonds. The fourth-order valence-corrected chi connectivity index (χ4v) is 5.46. The molecule has 1 fully saturated rings. The van der Waals surface area contributed by atoms with Crippen molar-refractivity contribution < 1.29 is 19.2 Å². The van der Waals surface area contributed by atoms with Crippen molar-refractivity contribution in [1.82, 2.24) is 20.9 Å². The third-order valence-corrected chi connectivity index (χ3v) is 7.77. The molecule has 13 nitrogen and oxygen atoms in total. The number of carbonyl (C=O) groups is 4. The highest BCUT2D eigenvalue weighted by atomic mass is 16.2. The Morgan fingerprint density at radius 2 is 1.61 bits per heavy atom. The van der Waals surface area contributed by atoms with Gasteiger partial charge < -0.3 is 38.1 Å². The Kier molecular flexibility index (Phi) is 14.0. The number of rotatable bonds is 14. The van der Waals surface area contributed by atoms with E-state index in [-0.39, 0.29) is 43.7 Å². The molecule has 0 bridgehead atoms. The van der Waals surface area contributed by atoms with Gasteiger partial charge in [-0.2, -0.15) is 0 Å². The molecule has 1 saturated heterocycles. The van der Waals surface area contributed by atoms with Crippen molar-refractivity contribution in [2.24, 2.45) is 28.1 Å². The van der Waals surface area contributed by atoms with Crippen LogP contribution in [-0.2, 0) is 25.6 Å². The van der Waals surface area contributed by atoms with Gasteiger partial charge >= 0.3 is 0 Å². The monoisotopic (exact) mass is 635 g/mol. The highest BCUT2D eigenvalue weighted by molar-refractivity contribution is 6.03. The quantitative estimate of drug-likeness (QED) is 0.123. The molecule has 3 atom stereocenters. The zero-order chi connectivity index (χ0) is 33.6. The van der Waals surface area contributed by atoms with Gasteiger partial charge in [0.15, 0.2) is 5.96 Å². The Balaban J connectivity index is 1.94. The number of nitrogens with one attached hydrogen (secondary N) is 3. The summed E-state index contributed by atoms with van der Waals surface area (Å²) in [4.78, 5) is 62.2. The minimum atomic E-state index is -1.04. The van der Waals surface area contributed by atoms with E-state index in [9.17, 15) is 19.2 Å². The summed E-state index contributed by atoms with van der Waals surface area (Å²) in [7, 11) is 0. The molecule has 0 spiro atoms. The van der Waals surface area contributed by atoms with Crippen LogP contribution in [0.15, 0.2) is 59.6 Å². The first-order valence-electron chi connectivity index (χ1n) is 15.8. The maximum Gasteiger partial charge on any atom is 0.247 e. The topological polar surface area (TPSA) is 201 Å². The van der Waals surface area contributed by atoms with Gasteiger partial charge in [0, 0.05) is 31.7 Å². The Morgan fingerprint density at radius 1 is 0.935 bits per heavy atom. The van der Waals surface area contributed by atoms with Gasteiger partial charge in [0.2, 0.25) is 23.6 Å². The fraction of sp³-hybridized carbons (Fsp3) is 0.485. The zero-order valence-corrected chi connectivity index (χ0v) is 27.1.